The van der Waals surface area contributed by atoms with Crippen LogP contribution in [-0.2, 0) is 6.61 Å². The highest BCUT2D eigenvalue weighted by Crippen LogP contribution is 2.26. The Balaban J connectivity index is 1.44. The minimum atomic E-state index is -0.381. The molecule has 0 saturated heterocycles. The average molecular weight is 414 g/mol. The van der Waals surface area contributed by atoms with Gasteiger partial charge in [-0.1, -0.05) is 12.1 Å². The molecule has 5 aromatic rings. The molecule has 154 valence electrons. The maximum Gasteiger partial charge on any atom is 0.153 e. The molecule has 8 heteroatoms. The van der Waals surface area contributed by atoms with Gasteiger partial charge in [-0.15, -0.1) is 0 Å². The monoisotopic (exact) mass is 414 g/mol. The van der Waals surface area contributed by atoms with Gasteiger partial charge in [0.25, 0.3) is 0 Å². The van der Waals surface area contributed by atoms with Crippen molar-refractivity contribution in [2.75, 3.05) is 18.1 Å². The standard InChI is InChI=1S/C23H19FN6O/c1-26-20-8-6-14-5-7-16(11-18(14)29-20)31-12-15-3-2-4-19(21(15)24)30-10-9-17-22(25)27-13-28-23(17)30/h2-11,13H,12H2,1H3,(H,26,29)(H2,25,27,28). The first-order valence-electron chi connectivity index (χ1n) is 9.70. The molecule has 0 aliphatic heterocycles. The zero-order valence-corrected chi connectivity index (χ0v) is 16.7. The predicted molar refractivity (Wildman–Crippen MR) is 119 cm³/mol. The molecule has 0 aliphatic rings. The Hall–Kier alpha value is -4.20. The van der Waals surface area contributed by atoms with Crippen LogP contribution in [0.25, 0.3) is 27.6 Å². The van der Waals surface area contributed by atoms with Crippen molar-refractivity contribution in [1.82, 2.24) is 19.5 Å². The lowest BCUT2D eigenvalue weighted by Gasteiger charge is -2.12. The molecule has 3 heterocycles. The van der Waals surface area contributed by atoms with Crippen LogP contribution in [0, 0.1) is 5.82 Å². The lowest BCUT2D eigenvalue weighted by molar-refractivity contribution is 0.300. The molecule has 3 N–H and O–H groups in total. The van der Waals surface area contributed by atoms with E-state index in [2.05, 4.69) is 20.3 Å². The van der Waals surface area contributed by atoms with E-state index in [1.165, 1.54) is 6.33 Å². The summed E-state index contributed by atoms with van der Waals surface area (Å²) in [5.41, 5.74) is 8.04. The minimum Gasteiger partial charge on any atom is -0.489 e. The van der Waals surface area contributed by atoms with Gasteiger partial charge in [0.1, 0.15) is 36.0 Å². The number of pyridine rings is 1. The fourth-order valence-electron chi connectivity index (χ4n) is 3.52. The summed E-state index contributed by atoms with van der Waals surface area (Å²) in [5, 5.41) is 4.69. The van der Waals surface area contributed by atoms with Crippen LogP contribution in [0.3, 0.4) is 0 Å². The number of aromatic nitrogens is 4. The van der Waals surface area contributed by atoms with Crippen molar-refractivity contribution in [3.63, 3.8) is 0 Å². The number of benzene rings is 2. The number of nitrogens with zero attached hydrogens (tertiary/aromatic N) is 4. The van der Waals surface area contributed by atoms with Gasteiger partial charge in [-0.2, -0.15) is 0 Å². The molecule has 7 nitrogen and oxygen atoms in total. The fraction of sp³-hybridized carbons (Fsp3) is 0.0870. The molecular weight excluding hydrogens is 395 g/mol. The van der Waals surface area contributed by atoms with Gasteiger partial charge in [0.05, 0.1) is 16.6 Å². The van der Waals surface area contributed by atoms with Crippen LogP contribution in [0.15, 0.2) is 67.1 Å². The van der Waals surface area contributed by atoms with Crippen molar-refractivity contribution >= 4 is 33.6 Å². The van der Waals surface area contributed by atoms with E-state index in [0.29, 0.717) is 33.9 Å². The van der Waals surface area contributed by atoms with Crippen LogP contribution in [0.1, 0.15) is 5.56 Å². The van der Waals surface area contributed by atoms with Crippen molar-refractivity contribution in [3.05, 3.63) is 78.5 Å². The van der Waals surface area contributed by atoms with Crippen LogP contribution in [-0.4, -0.2) is 26.6 Å². The molecule has 0 spiro atoms. The number of anilines is 2. The Kier molecular flexibility index (Phi) is 4.59. The van der Waals surface area contributed by atoms with Gasteiger partial charge in [-0.25, -0.2) is 19.3 Å². The van der Waals surface area contributed by atoms with E-state index in [9.17, 15) is 0 Å². The van der Waals surface area contributed by atoms with Crippen molar-refractivity contribution in [2.24, 2.45) is 0 Å². The van der Waals surface area contributed by atoms with Crippen molar-refractivity contribution in [1.29, 1.82) is 0 Å². The molecular formula is C23H19FN6O. The molecule has 0 atom stereocenters. The second-order valence-corrected chi connectivity index (χ2v) is 7.02. The zero-order chi connectivity index (χ0) is 21.4. The molecule has 0 fully saturated rings. The number of rotatable bonds is 5. The summed E-state index contributed by atoms with van der Waals surface area (Å²) in [6.45, 7) is 0.0766. The van der Waals surface area contributed by atoms with Crippen molar-refractivity contribution in [3.8, 4) is 11.4 Å². The molecule has 3 aromatic heterocycles. The molecule has 5 rings (SSSR count). The third-order valence-corrected chi connectivity index (χ3v) is 5.14. The van der Waals surface area contributed by atoms with Crippen molar-refractivity contribution < 1.29 is 9.13 Å². The smallest absolute Gasteiger partial charge is 0.153 e. The summed E-state index contributed by atoms with van der Waals surface area (Å²) in [5.74, 6) is 1.36. The van der Waals surface area contributed by atoms with Crippen LogP contribution in [0.5, 0.6) is 5.75 Å². The molecule has 0 bridgehead atoms. The summed E-state index contributed by atoms with van der Waals surface area (Å²) in [7, 11) is 1.82. The minimum absolute atomic E-state index is 0.0766. The number of hydrogen-bond donors (Lipinski definition) is 2. The van der Waals surface area contributed by atoms with Gasteiger partial charge in [0.15, 0.2) is 5.82 Å². The lowest BCUT2D eigenvalue weighted by Crippen LogP contribution is -2.04. The van der Waals surface area contributed by atoms with E-state index in [1.807, 2.05) is 37.4 Å². The summed E-state index contributed by atoms with van der Waals surface area (Å²) < 4.78 is 22.9. The summed E-state index contributed by atoms with van der Waals surface area (Å²) in [4.78, 5) is 12.7. The molecule has 2 aromatic carbocycles. The highest BCUT2D eigenvalue weighted by Gasteiger charge is 2.14. The highest BCUT2D eigenvalue weighted by atomic mass is 19.1. The highest BCUT2D eigenvalue weighted by molar-refractivity contribution is 5.87. The molecule has 31 heavy (non-hydrogen) atoms. The quantitative estimate of drug-likeness (QED) is 0.445. The van der Waals surface area contributed by atoms with Crippen LogP contribution >= 0.6 is 0 Å². The van der Waals surface area contributed by atoms with Gasteiger partial charge < -0.3 is 15.8 Å². The Morgan fingerprint density at radius 2 is 1.97 bits per heavy atom. The average Bonchev–Trinajstić information content (AvgIpc) is 3.23. The Morgan fingerprint density at radius 1 is 1.10 bits per heavy atom. The number of nitrogens with two attached hydrogens (primary N) is 1. The third-order valence-electron chi connectivity index (χ3n) is 5.14. The van der Waals surface area contributed by atoms with E-state index in [1.54, 1.807) is 35.0 Å². The Morgan fingerprint density at radius 3 is 2.84 bits per heavy atom. The molecule has 0 unspecified atom stereocenters. The van der Waals surface area contributed by atoms with E-state index in [0.717, 1.165) is 16.7 Å². The normalized spacial score (nSPS) is 11.2. The second-order valence-electron chi connectivity index (χ2n) is 7.02. The Labute approximate surface area is 177 Å². The number of halogens is 1. The predicted octanol–water partition coefficient (Wildman–Crippen LogP) is 4.31. The first kappa shape index (κ1) is 18.8. The van der Waals surface area contributed by atoms with Gasteiger partial charge in [0.2, 0.25) is 0 Å². The topological polar surface area (TPSA) is 90.9 Å². The first-order valence-corrected chi connectivity index (χ1v) is 9.70. The van der Waals surface area contributed by atoms with Gasteiger partial charge in [0, 0.05) is 30.3 Å². The second kappa shape index (κ2) is 7.56. The molecule has 0 aliphatic carbocycles. The number of fused-ring (bicyclic) bond motifs is 2. The number of nitrogens with one attached hydrogen (secondary N) is 1. The third kappa shape index (κ3) is 3.38. The number of ether oxygens (including phenoxy) is 1. The van der Waals surface area contributed by atoms with E-state index < -0.39 is 0 Å². The molecule has 0 amide bonds. The first-order chi connectivity index (χ1) is 15.1. The number of hydrogen-bond acceptors (Lipinski definition) is 6. The van der Waals surface area contributed by atoms with E-state index >= 15 is 4.39 Å². The van der Waals surface area contributed by atoms with Gasteiger partial charge >= 0.3 is 0 Å². The largest absolute Gasteiger partial charge is 0.489 e. The summed E-state index contributed by atoms with van der Waals surface area (Å²) in [6.07, 6.45) is 3.10. The SMILES string of the molecule is CNc1ccc2ccc(OCc3cccc(-n4ccc5c(N)ncnc54)c3F)cc2n1. The molecule has 0 radical (unpaired) electrons. The van der Waals surface area contributed by atoms with Gasteiger partial charge in [-0.3, -0.25) is 4.57 Å². The Bertz CT molecular complexity index is 1410. The summed E-state index contributed by atoms with van der Waals surface area (Å²) in [6, 6.07) is 16.5. The maximum atomic E-state index is 15.3. The van der Waals surface area contributed by atoms with E-state index in [4.69, 9.17) is 10.5 Å². The van der Waals surface area contributed by atoms with Crippen LogP contribution in [0.2, 0.25) is 0 Å². The van der Waals surface area contributed by atoms with Gasteiger partial charge in [-0.05, 0) is 36.4 Å². The van der Waals surface area contributed by atoms with Crippen molar-refractivity contribution in [2.45, 2.75) is 6.61 Å². The van der Waals surface area contributed by atoms with E-state index in [-0.39, 0.29) is 12.4 Å². The summed E-state index contributed by atoms with van der Waals surface area (Å²) >= 11 is 0. The van der Waals surface area contributed by atoms with Crippen LogP contribution in [0.4, 0.5) is 16.0 Å². The number of nitrogen functional groups attached to an aromatic ring is 1. The van der Waals surface area contributed by atoms with Crippen LogP contribution < -0.4 is 15.8 Å². The maximum absolute atomic E-state index is 15.3. The molecule has 0 saturated carbocycles. The zero-order valence-electron chi connectivity index (χ0n) is 16.7. The fourth-order valence-corrected chi connectivity index (χ4v) is 3.52. The lowest BCUT2D eigenvalue weighted by atomic mass is 10.2.